The molecule has 0 saturated heterocycles. The maximum atomic E-state index is 5.94. The van der Waals surface area contributed by atoms with Gasteiger partial charge in [0.2, 0.25) is 0 Å². The van der Waals surface area contributed by atoms with E-state index in [-0.39, 0.29) is 6.04 Å². The fraction of sp³-hybridized carbons (Fsp3) is 0.273. The number of aromatic nitrogens is 1. The second-order valence-corrected chi connectivity index (χ2v) is 3.34. The number of nitrogens with one attached hydrogen (secondary N) is 1. The van der Waals surface area contributed by atoms with Gasteiger partial charge in [-0.1, -0.05) is 19.1 Å². The van der Waals surface area contributed by atoms with Crippen molar-refractivity contribution in [2.24, 2.45) is 5.73 Å². The summed E-state index contributed by atoms with van der Waals surface area (Å²) in [4.78, 5) is 3.18. The Labute approximate surface area is 77.8 Å². The van der Waals surface area contributed by atoms with Crippen molar-refractivity contribution in [2.75, 3.05) is 0 Å². The summed E-state index contributed by atoms with van der Waals surface area (Å²) < 4.78 is 0. The number of aromatic amines is 1. The van der Waals surface area contributed by atoms with Gasteiger partial charge in [0.15, 0.2) is 0 Å². The topological polar surface area (TPSA) is 41.8 Å². The molecule has 1 heterocycles. The molecule has 2 rings (SSSR count). The Morgan fingerprint density at radius 3 is 3.00 bits per heavy atom. The van der Waals surface area contributed by atoms with Gasteiger partial charge in [-0.15, -0.1) is 0 Å². The van der Waals surface area contributed by atoms with Gasteiger partial charge in [-0.25, -0.2) is 0 Å². The Bertz CT molecular complexity index is 403. The first-order valence-corrected chi connectivity index (χ1v) is 4.64. The molecule has 0 aliphatic carbocycles. The van der Waals surface area contributed by atoms with Crippen molar-refractivity contribution in [2.45, 2.75) is 19.4 Å². The number of H-pyrrole nitrogens is 1. The van der Waals surface area contributed by atoms with Crippen LogP contribution in [0.5, 0.6) is 0 Å². The van der Waals surface area contributed by atoms with Crippen molar-refractivity contribution in [3.05, 3.63) is 36.0 Å². The van der Waals surface area contributed by atoms with Crippen LogP contribution in [0.3, 0.4) is 0 Å². The molecule has 0 radical (unpaired) electrons. The molecule has 2 nitrogen and oxygen atoms in total. The van der Waals surface area contributed by atoms with Crippen molar-refractivity contribution in [3.8, 4) is 0 Å². The lowest BCUT2D eigenvalue weighted by atomic mass is 10.0. The predicted octanol–water partition coefficient (Wildman–Crippen LogP) is 2.58. The first kappa shape index (κ1) is 8.32. The third kappa shape index (κ3) is 1.45. The van der Waals surface area contributed by atoms with Crippen LogP contribution in [0.25, 0.3) is 10.9 Å². The van der Waals surface area contributed by atoms with Crippen LogP contribution < -0.4 is 5.73 Å². The Kier molecular flexibility index (Phi) is 2.07. The van der Waals surface area contributed by atoms with E-state index in [4.69, 9.17) is 5.73 Å². The molecule has 3 N–H and O–H groups in total. The highest BCUT2D eigenvalue weighted by Gasteiger charge is 2.03. The fourth-order valence-corrected chi connectivity index (χ4v) is 1.53. The first-order chi connectivity index (χ1) is 6.31. The Morgan fingerprint density at radius 2 is 2.23 bits per heavy atom. The third-order valence-electron chi connectivity index (χ3n) is 2.45. The number of nitrogens with two attached hydrogens (primary N) is 1. The lowest BCUT2D eigenvalue weighted by Crippen LogP contribution is -2.08. The Balaban J connectivity index is 2.48. The average molecular weight is 174 g/mol. The van der Waals surface area contributed by atoms with E-state index in [0.29, 0.717) is 0 Å². The van der Waals surface area contributed by atoms with E-state index in [1.54, 1.807) is 0 Å². The quantitative estimate of drug-likeness (QED) is 0.722. The molecular weight excluding hydrogens is 160 g/mol. The molecule has 0 aliphatic heterocycles. The molecule has 68 valence electrons. The number of fused-ring (bicyclic) bond motifs is 1. The van der Waals surface area contributed by atoms with E-state index < -0.39 is 0 Å². The van der Waals surface area contributed by atoms with Crippen LogP contribution in [0.4, 0.5) is 0 Å². The van der Waals surface area contributed by atoms with E-state index in [9.17, 15) is 0 Å². The van der Waals surface area contributed by atoms with Gasteiger partial charge >= 0.3 is 0 Å². The zero-order valence-electron chi connectivity index (χ0n) is 7.75. The average Bonchev–Trinajstić information content (AvgIpc) is 2.63. The SMILES string of the molecule is CC[C@@H](N)c1ccc2cc[nH]c2c1. The summed E-state index contributed by atoms with van der Waals surface area (Å²) in [5, 5.41) is 1.24. The van der Waals surface area contributed by atoms with E-state index in [0.717, 1.165) is 6.42 Å². The van der Waals surface area contributed by atoms with Crippen molar-refractivity contribution < 1.29 is 0 Å². The first-order valence-electron chi connectivity index (χ1n) is 4.64. The van der Waals surface area contributed by atoms with Crippen LogP contribution in [-0.4, -0.2) is 4.98 Å². The van der Waals surface area contributed by atoms with Crippen molar-refractivity contribution >= 4 is 10.9 Å². The van der Waals surface area contributed by atoms with E-state index in [2.05, 4.69) is 36.2 Å². The molecular formula is C11H14N2. The largest absolute Gasteiger partial charge is 0.361 e. The second-order valence-electron chi connectivity index (χ2n) is 3.34. The lowest BCUT2D eigenvalue weighted by Gasteiger charge is -2.08. The molecule has 0 amide bonds. The number of benzene rings is 1. The van der Waals surface area contributed by atoms with E-state index >= 15 is 0 Å². The van der Waals surface area contributed by atoms with Crippen LogP contribution in [0.1, 0.15) is 24.9 Å². The van der Waals surface area contributed by atoms with Gasteiger partial charge in [0.05, 0.1) is 0 Å². The summed E-state index contributed by atoms with van der Waals surface area (Å²) in [7, 11) is 0. The summed E-state index contributed by atoms with van der Waals surface area (Å²) in [5.41, 5.74) is 8.31. The van der Waals surface area contributed by atoms with E-state index in [1.165, 1.54) is 16.5 Å². The summed E-state index contributed by atoms with van der Waals surface area (Å²) in [6.07, 6.45) is 2.93. The molecule has 2 aromatic rings. The van der Waals surface area contributed by atoms with Gasteiger partial charge in [-0.05, 0) is 29.5 Å². The summed E-state index contributed by atoms with van der Waals surface area (Å²) in [6, 6.07) is 8.56. The molecule has 0 bridgehead atoms. The van der Waals surface area contributed by atoms with Crippen LogP contribution in [-0.2, 0) is 0 Å². The highest BCUT2D eigenvalue weighted by molar-refractivity contribution is 5.79. The lowest BCUT2D eigenvalue weighted by molar-refractivity contribution is 0.699. The number of hydrogen-bond donors (Lipinski definition) is 2. The van der Waals surface area contributed by atoms with Crippen molar-refractivity contribution in [1.82, 2.24) is 4.98 Å². The van der Waals surface area contributed by atoms with Crippen LogP contribution in [0.15, 0.2) is 30.5 Å². The van der Waals surface area contributed by atoms with Gasteiger partial charge in [-0.3, -0.25) is 0 Å². The Morgan fingerprint density at radius 1 is 1.38 bits per heavy atom. The molecule has 1 aromatic heterocycles. The minimum Gasteiger partial charge on any atom is -0.361 e. The highest BCUT2D eigenvalue weighted by atomic mass is 14.7. The standard InChI is InChI=1S/C11H14N2/c1-2-10(12)9-4-3-8-5-6-13-11(8)7-9/h3-7,10,13H,2,12H2,1H3/t10-/m1/s1. The van der Waals surface area contributed by atoms with Gasteiger partial charge in [0, 0.05) is 17.8 Å². The number of hydrogen-bond acceptors (Lipinski definition) is 1. The molecule has 0 unspecified atom stereocenters. The van der Waals surface area contributed by atoms with Gasteiger partial charge in [0.25, 0.3) is 0 Å². The molecule has 0 fully saturated rings. The zero-order chi connectivity index (χ0) is 9.26. The third-order valence-corrected chi connectivity index (χ3v) is 2.45. The van der Waals surface area contributed by atoms with E-state index in [1.807, 2.05) is 6.20 Å². The molecule has 0 aliphatic rings. The normalized spacial score (nSPS) is 13.4. The maximum Gasteiger partial charge on any atom is 0.0457 e. The summed E-state index contributed by atoms with van der Waals surface area (Å²) >= 11 is 0. The minimum atomic E-state index is 0.160. The summed E-state index contributed by atoms with van der Waals surface area (Å²) in [5.74, 6) is 0. The second kappa shape index (κ2) is 3.23. The minimum absolute atomic E-state index is 0.160. The maximum absolute atomic E-state index is 5.94. The Hall–Kier alpha value is -1.28. The fourth-order valence-electron chi connectivity index (χ4n) is 1.53. The van der Waals surface area contributed by atoms with Crippen molar-refractivity contribution in [1.29, 1.82) is 0 Å². The molecule has 2 heteroatoms. The van der Waals surface area contributed by atoms with Gasteiger partial charge < -0.3 is 10.7 Å². The van der Waals surface area contributed by atoms with Gasteiger partial charge in [-0.2, -0.15) is 0 Å². The van der Waals surface area contributed by atoms with Crippen molar-refractivity contribution in [3.63, 3.8) is 0 Å². The smallest absolute Gasteiger partial charge is 0.0457 e. The highest BCUT2D eigenvalue weighted by Crippen LogP contribution is 2.19. The van der Waals surface area contributed by atoms with Crippen LogP contribution in [0.2, 0.25) is 0 Å². The molecule has 13 heavy (non-hydrogen) atoms. The van der Waals surface area contributed by atoms with Gasteiger partial charge in [0.1, 0.15) is 0 Å². The zero-order valence-corrected chi connectivity index (χ0v) is 7.75. The van der Waals surface area contributed by atoms with Crippen LogP contribution >= 0.6 is 0 Å². The molecule has 1 aromatic carbocycles. The summed E-state index contributed by atoms with van der Waals surface area (Å²) in [6.45, 7) is 2.10. The molecule has 0 spiro atoms. The molecule has 0 saturated carbocycles. The monoisotopic (exact) mass is 174 g/mol. The number of rotatable bonds is 2. The predicted molar refractivity (Wildman–Crippen MR) is 55.5 cm³/mol. The molecule has 1 atom stereocenters. The van der Waals surface area contributed by atoms with Crippen LogP contribution in [0, 0.1) is 0 Å².